The SMILES string of the molecule is [B]c1c(C[C@@H](N)C(C)F)c(O)c2c(NCc3cccs3)nc(C)nn12. The molecule has 3 aromatic heterocycles. The second-order valence-electron chi connectivity index (χ2n) is 5.96. The lowest BCUT2D eigenvalue weighted by Gasteiger charge is -2.12. The minimum Gasteiger partial charge on any atom is -0.505 e. The Labute approximate surface area is 150 Å². The molecule has 3 aromatic rings. The van der Waals surface area contributed by atoms with Gasteiger partial charge in [-0.3, -0.25) is 0 Å². The van der Waals surface area contributed by atoms with Crippen LogP contribution >= 0.6 is 11.3 Å². The van der Waals surface area contributed by atoms with Crippen molar-refractivity contribution in [3.05, 3.63) is 33.8 Å². The van der Waals surface area contributed by atoms with Gasteiger partial charge in [0.25, 0.3) is 0 Å². The molecule has 0 saturated carbocycles. The van der Waals surface area contributed by atoms with Crippen LogP contribution in [-0.4, -0.2) is 39.8 Å². The van der Waals surface area contributed by atoms with Gasteiger partial charge in [0.2, 0.25) is 0 Å². The fourth-order valence-electron chi connectivity index (χ4n) is 2.62. The molecule has 3 rings (SSSR count). The van der Waals surface area contributed by atoms with Gasteiger partial charge in [0, 0.05) is 16.5 Å². The Bertz CT molecular complexity index is 881. The zero-order valence-electron chi connectivity index (χ0n) is 14.0. The van der Waals surface area contributed by atoms with Crippen LogP contribution in [0, 0.1) is 6.92 Å². The number of fused-ring (bicyclic) bond motifs is 1. The van der Waals surface area contributed by atoms with Crippen LogP contribution in [0.1, 0.15) is 23.2 Å². The normalized spacial score (nSPS) is 13.9. The molecular formula is C16H19BFN5OS. The maximum Gasteiger partial charge on any atom is 0.158 e. The summed E-state index contributed by atoms with van der Waals surface area (Å²) >= 11 is 1.62. The third-order valence-corrected chi connectivity index (χ3v) is 4.92. The zero-order valence-corrected chi connectivity index (χ0v) is 14.8. The van der Waals surface area contributed by atoms with Gasteiger partial charge in [-0.25, -0.2) is 13.9 Å². The van der Waals surface area contributed by atoms with Gasteiger partial charge >= 0.3 is 0 Å². The van der Waals surface area contributed by atoms with E-state index in [1.807, 2.05) is 17.5 Å². The van der Waals surface area contributed by atoms with Crippen molar-refractivity contribution < 1.29 is 9.50 Å². The Kier molecular flexibility index (Phi) is 4.96. The molecule has 130 valence electrons. The predicted molar refractivity (Wildman–Crippen MR) is 98.7 cm³/mol. The van der Waals surface area contributed by atoms with Crippen molar-refractivity contribution in [3.63, 3.8) is 0 Å². The monoisotopic (exact) mass is 359 g/mol. The summed E-state index contributed by atoms with van der Waals surface area (Å²) in [7, 11) is 6.13. The lowest BCUT2D eigenvalue weighted by Crippen LogP contribution is -2.33. The van der Waals surface area contributed by atoms with Crippen LogP contribution in [0.5, 0.6) is 5.75 Å². The molecule has 0 saturated heterocycles. The van der Waals surface area contributed by atoms with Crippen LogP contribution < -0.4 is 16.6 Å². The molecule has 3 heterocycles. The van der Waals surface area contributed by atoms with E-state index in [1.54, 1.807) is 18.3 Å². The van der Waals surface area contributed by atoms with Crippen LogP contribution in [0.25, 0.3) is 5.52 Å². The molecule has 0 aliphatic heterocycles. The standard InChI is InChI=1S/C16H19BFN5OS/c1-8(18)12(19)6-11-14(24)13-16(20-7-10-4-3-5-25-10)21-9(2)22-23(13)15(11)17/h3-5,8,12,24H,6-7,19H2,1-2H3,(H,20,21,22)/t8?,12-/m1/s1. The summed E-state index contributed by atoms with van der Waals surface area (Å²) in [6.07, 6.45) is -1.10. The van der Waals surface area contributed by atoms with Crippen LogP contribution in [0.4, 0.5) is 10.2 Å². The highest BCUT2D eigenvalue weighted by atomic mass is 32.1. The number of aromatic nitrogens is 3. The van der Waals surface area contributed by atoms with Crippen molar-refractivity contribution in [1.82, 2.24) is 14.6 Å². The van der Waals surface area contributed by atoms with Gasteiger partial charge in [0.15, 0.2) is 5.82 Å². The van der Waals surface area contributed by atoms with E-state index < -0.39 is 12.2 Å². The molecule has 4 N–H and O–H groups in total. The van der Waals surface area contributed by atoms with Crippen molar-refractivity contribution in [2.75, 3.05) is 5.32 Å². The zero-order chi connectivity index (χ0) is 18.1. The van der Waals surface area contributed by atoms with Gasteiger partial charge in [-0.1, -0.05) is 6.07 Å². The van der Waals surface area contributed by atoms with Crippen LogP contribution in [0.15, 0.2) is 17.5 Å². The Balaban J connectivity index is 2.02. The summed E-state index contributed by atoms with van der Waals surface area (Å²) < 4.78 is 14.9. The van der Waals surface area contributed by atoms with E-state index in [-0.39, 0.29) is 17.8 Å². The lowest BCUT2D eigenvalue weighted by atomic mass is 9.94. The molecule has 0 aliphatic rings. The highest BCUT2D eigenvalue weighted by molar-refractivity contribution is 7.09. The Morgan fingerprint density at radius 2 is 2.28 bits per heavy atom. The molecule has 2 radical (unpaired) electrons. The first-order valence-corrected chi connectivity index (χ1v) is 8.79. The summed E-state index contributed by atoms with van der Waals surface area (Å²) in [6, 6.07) is 3.21. The van der Waals surface area contributed by atoms with E-state index in [0.29, 0.717) is 29.3 Å². The third kappa shape index (κ3) is 3.47. The first-order valence-electron chi connectivity index (χ1n) is 7.91. The second-order valence-corrected chi connectivity index (χ2v) is 6.99. The number of alkyl halides is 1. The number of nitrogens with one attached hydrogen (secondary N) is 1. The quantitative estimate of drug-likeness (QED) is 0.580. The summed E-state index contributed by atoms with van der Waals surface area (Å²) in [6.45, 7) is 3.68. The van der Waals surface area contributed by atoms with Crippen LogP contribution in [-0.2, 0) is 13.0 Å². The molecule has 0 fully saturated rings. The number of aromatic hydroxyl groups is 1. The molecule has 0 spiro atoms. The molecule has 6 nitrogen and oxygen atoms in total. The van der Waals surface area contributed by atoms with Crippen molar-refractivity contribution in [2.45, 2.75) is 39.0 Å². The number of nitrogens with zero attached hydrogens (tertiary/aromatic N) is 3. The minimum atomic E-state index is -1.22. The van der Waals surface area contributed by atoms with Crippen LogP contribution in [0.3, 0.4) is 0 Å². The Morgan fingerprint density at radius 1 is 1.52 bits per heavy atom. The van der Waals surface area contributed by atoms with Gasteiger partial charge in [0.05, 0.1) is 6.54 Å². The predicted octanol–water partition coefficient (Wildman–Crippen LogP) is 1.44. The van der Waals surface area contributed by atoms with Gasteiger partial charge < -0.3 is 16.2 Å². The van der Waals surface area contributed by atoms with Gasteiger partial charge in [0.1, 0.15) is 31.1 Å². The van der Waals surface area contributed by atoms with E-state index in [2.05, 4.69) is 15.4 Å². The van der Waals surface area contributed by atoms with Crippen molar-refractivity contribution in [2.24, 2.45) is 5.73 Å². The molecule has 25 heavy (non-hydrogen) atoms. The lowest BCUT2D eigenvalue weighted by molar-refractivity contribution is 0.303. The number of anilines is 1. The first kappa shape index (κ1) is 17.7. The molecule has 2 atom stereocenters. The average molecular weight is 359 g/mol. The number of nitrogens with two attached hydrogens (primary N) is 1. The highest BCUT2D eigenvalue weighted by Crippen LogP contribution is 2.30. The summed E-state index contributed by atoms with van der Waals surface area (Å²) in [5, 5.41) is 20.1. The number of halogens is 1. The Hall–Kier alpha value is -2.13. The summed E-state index contributed by atoms with van der Waals surface area (Å²) in [4.78, 5) is 5.50. The molecular weight excluding hydrogens is 340 g/mol. The smallest absolute Gasteiger partial charge is 0.158 e. The second kappa shape index (κ2) is 7.01. The molecule has 9 heteroatoms. The molecule has 0 bridgehead atoms. The number of hydrogen-bond donors (Lipinski definition) is 3. The number of thiophene rings is 1. The first-order chi connectivity index (χ1) is 11.9. The average Bonchev–Trinajstić information content (AvgIpc) is 3.15. The number of hydrogen-bond acceptors (Lipinski definition) is 6. The van der Waals surface area contributed by atoms with Crippen LogP contribution in [0.2, 0.25) is 0 Å². The summed E-state index contributed by atoms with van der Waals surface area (Å²) in [5.74, 6) is 0.901. The molecule has 0 aromatic carbocycles. The van der Waals surface area contributed by atoms with E-state index in [4.69, 9.17) is 13.6 Å². The maximum absolute atomic E-state index is 13.4. The van der Waals surface area contributed by atoms with Gasteiger partial charge in [-0.05, 0) is 37.3 Å². The molecule has 0 aliphatic carbocycles. The third-order valence-electron chi connectivity index (χ3n) is 4.04. The van der Waals surface area contributed by atoms with Gasteiger partial charge in [-0.15, -0.1) is 11.3 Å². The fraction of sp³-hybridized carbons (Fsp3) is 0.375. The van der Waals surface area contributed by atoms with Crippen molar-refractivity contribution >= 4 is 36.1 Å². The summed E-state index contributed by atoms with van der Waals surface area (Å²) in [5.41, 5.74) is 6.80. The van der Waals surface area contributed by atoms with Gasteiger partial charge in [-0.2, -0.15) is 5.10 Å². The minimum absolute atomic E-state index is 0.0673. The van der Waals surface area contributed by atoms with E-state index in [1.165, 1.54) is 11.4 Å². The number of rotatable bonds is 6. The van der Waals surface area contributed by atoms with E-state index >= 15 is 0 Å². The van der Waals surface area contributed by atoms with Crippen molar-refractivity contribution in [1.29, 1.82) is 0 Å². The fourth-order valence-corrected chi connectivity index (χ4v) is 3.26. The molecule has 1 unspecified atom stereocenters. The number of aryl methyl sites for hydroxylation is 1. The highest BCUT2D eigenvalue weighted by Gasteiger charge is 2.23. The Morgan fingerprint density at radius 3 is 2.92 bits per heavy atom. The molecule has 0 amide bonds. The maximum atomic E-state index is 13.4. The van der Waals surface area contributed by atoms with Crippen molar-refractivity contribution in [3.8, 4) is 5.75 Å². The topological polar surface area (TPSA) is 88.5 Å². The largest absolute Gasteiger partial charge is 0.505 e. The van der Waals surface area contributed by atoms with E-state index in [9.17, 15) is 9.50 Å². The van der Waals surface area contributed by atoms with E-state index in [0.717, 1.165) is 4.88 Å².